The molecule has 6 heteroatoms. The smallest absolute Gasteiger partial charge is 0.268 e. The van der Waals surface area contributed by atoms with Crippen molar-refractivity contribution in [1.82, 2.24) is 9.97 Å². The van der Waals surface area contributed by atoms with Crippen molar-refractivity contribution in [3.63, 3.8) is 0 Å². The number of carbonyl (C=O) groups is 1. The molecule has 0 bridgehead atoms. The van der Waals surface area contributed by atoms with Gasteiger partial charge in [-0.2, -0.15) is 0 Å². The molecule has 1 aliphatic heterocycles. The molecule has 4 N–H and O–H groups in total. The molecular weight excluding hydrogens is 230 g/mol. The summed E-state index contributed by atoms with van der Waals surface area (Å²) in [4.78, 5) is 21.4. The number of amides is 1. The zero-order valence-electron chi connectivity index (χ0n) is 10.5. The third kappa shape index (κ3) is 2.59. The normalized spacial score (nSPS) is 23.3. The monoisotopic (exact) mass is 249 g/mol. The molecule has 2 heterocycles. The van der Waals surface area contributed by atoms with Crippen molar-refractivity contribution in [2.24, 2.45) is 17.4 Å². The van der Waals surface area contributed by atoms with Crippen LogP contribution in [0.15, 0.2) is 12.4 Å². The minimum Gasteiger partial charge on any atom is -0.364 e. The highest BCUT2D eigenvalue weighted by molar-refractivity contribution is 5.90. The Kier molecular flexibility index (Phi) is 3.76. The van der Waals surface area contributed by atoms with E-state index in [1.165, 1.54) is 6.20 Å². The molecule has 1 aromatic rings. The molecule has 1 aromatic heterocycles. The largest absolute Gasteiger partial charge is 0.364 e. The van der Waals surface area contributed by atoms with Gasteiger partial charge in [-0.3, -0.25) is 9.78 Å². The summed E-state index contributed by atoms with van der Waals surface area (Å²) in [6.07, 6.45) is 5.26. The van der Waals surface area contributed by atoms with Crippen LogP contribution in [0, 0.1) is 5.92 Å². The van der Waals surface area contributed by atoms with E-state index < -0.39 is 5.91 Å². The molecular formula is C12H19N5O. The van der Waals surface area contributed by atoms with E-state index in [-0.39, 0.29) is 11.7 Å². The molecule has 0 radical (unpaired) electrons. The van der Waals surface area contributed by atoms with Gasteiger partial charge >= 0.3 is 0 Å². The fourth-order valence-corrected chi connectivity index (χ4v) is 2.39. The zero-order valence-corrected chi connectivity index (χ0v) is 10.5. The van der Waals surface area contributed by atoms with E-state index in [0.717, 1.165) is 25.9 Å². The number of primary amides is 1. The summed E-state index contributed by atoms with van der Waals surface area (Å²) in [7, 11) is 0. The summed E-state index contributed by atoms with van der Waals surface area (Å²) >= 11 is 0. The van der Waals surface area contributed by atoms with Gasteiger partial charge in [-0.25, -0.2) is 4.98 Å². The second-order valence-corrected chi connectivity index (χ2v) is 4.74. The first-order valence-electron chi connectivity index (χ1n) is 6.24. The molecule has 1 aliphatic rings. The van der Waals surface area contributed by atoms with Crippen molar-refractivity contribution >= 4 is 11.7 Å². The Balaban J connectivity index is 2.13. The predicted octanol–water partition coefficient (Wildman–Crippen LogP) is 0.139. The van der Waals surface area contributed by atoms with Crippen LogP contribution >= 0.6 is 0 Å². The van der Waals surface area contributed by atoms with E-state index in [1.807, 2.05) is 0 Å². The third-order valence-electron chi connectivity index (χ3n) is 3.35. The fourth-order valence-electron chi connectivity index (χ4n) is 2.39. The molecule has 2 atom stereocenters. The van der Waals surface area contributed by atoms with Crippen LogP contribution in [0.25, 0.3) is 0 Å². The molecule has 1 saturated heterocycles. The zero-order chi connectivity index (χ0) is 13.1. The van der Waals surface area contributed by atoms with Crippen molar-refractivity contribution in [3.05, 3.63) is 18.1 Å². The summed E-state index contributed by atoms with van der Waals surface area (Å²) in [5.74, 6) is 0.604. The van der Waals surface area contributed by atoms with Crippen molar-refractivity contribution in [2.45, 2.75) is 25.8 Å². The molecule has 0 unspecified atom stereocenters. The number of anilines is 1. The van der Waals surface area contributed by atoms with E-state index in [4.69, 9.17) is 11.5 Å². The Morgan fingerprint density at radius 2 is 2.28 bits per heavy atom. The molecule has 1 amide bonds. The number of rotatable bonds is 4. The Morgan fingerprint density at radius 1 is 1.50 bits per heavy atom. The minimum absolute atomic E-state index is 0.156. The second kappa shape index (κ2) is 5.30. The fraction of sp³-hybridized carbons (Fsp3) is 0.583. The molecule has 18 heavy (non-hydrogen) atoms. The highest BCUT2D eigenvalue weighted by Gasteiger charge is 2.30. The van der Waals surface area contributed by atoms with Gasteiger partial charge in [0.1, 0.15) is 11.5 Å². The lowest BCUT2D eigenvalue weighted by Crippen LogP contribution is -2.30. The first kappa shape index (κ1) is 12.8. The number of hydrogen-bond acceptors (Lipinski definition) is 5. The number of carbonyl (C=O) groups excluding carboxylic acids is 1. The summed E-state index contributed by atoms with van der Waals surface area (Å²) in [6, 6.07) is 0.156. The number of nitrogens with zero attached hydrogens (tertiary/aromatic N) is 3. The lowest BCUT2D eigenvalue weighted by atomic mass is 9.99. The first-order valence-corrected chi connectivity index (χ1v) is 6.24. The molecule has 0 aromatic carbocycles. The van der Waals surface area contributed by atoms with Gasteiger partial charge in [0, 0.05) is 19.1 Å². The van der Waals surface area contributed by atoms with Gasteiger partial charge < -0.3 is 16.4 Å². The van der Waals surface area contributed by atoms with Crippen molar-refractivity contribution in [1.29, 1.82) is 0 Å². The first-order chi connectivity index (χ1) is 8.61. The maximum atomic E-state index is 11.1. The predicted molar refractivity (Wildman–Crippen MR) is 69.1 cm³/mol. The molecule has 6 nitrogen and oxygen atoms in total. The van der Waals surface area contributed by atoms with Crippen LogP contribution in [-0.4, -0.2) is 35.0 Å². The molecule has 1 fully saturated rings. The molecule has 0 aliphatic carbocycles. The lowest BCUT2D eigenvalue weighted by molar-refractivity contribution is 0.0995. The quantitative estimate of drug-likeness (QED) is 0.791. The minimum atomic E-state index is -0.557. The standard InChI is InChI=1S/C12H19N5O/c1-2-3-8-6-17(7-9(8)13)11-5-15-4-10(16-11)12(14)18/h4-5,8-9H,2-3,6-7,13H2,1H3,(H2,14,18)/t8-,9-/m1/s1. The van der Waals surface area contributed by atoms with Gasteiger partial charge in [0.25, 0.3) is 5.91 Å². The van der Waals surface area contributed by atoms with Gasteiger partial charge in [-0.15, -0.1) is 0 Å². The van der Waals surface area contributed by atoms with Crippen LogP contribution in [0.4, 0.5) is 5.82 Å². The van der Waals surface area contributed by atoms with Gasteiger partial charge in [-0.05, 0) is 12.3 Å². The molecule has 2 rings (SSSR count). The van der Waals surface area contributed by atoms with Crippen molar-refractivity contribution in [3.8, 4) is 0 Å². The van der Waals surface area contributed by atoms with E-state index in [9.17, 15) is 4.79 Å². The van der Waals surface area contributed by atoms with Gasteiger partial charge in [0.05, 0.1) is 12.4 Å². The molecule has 0 saturated carbocycles. The lowest BCUT2D eigenvalue weighted by Gasteiger charge is -2.16. The molecule has 98 valence electrons. The maximum absolute atomic E-state index is 11.1. The number of nitrogens with two attached hydrogens (primary N) is 2. The summed E-state index contributed by atoms with van der Waals surface area (Å²) in [5, 5.41) is 0. The van der Waals surface area contributed by atoms with Crippen LogP contribution in [-0.2, 0) is 0 Å². The summed E-state index contributed by atoms with van der Waals surface area (Å²) in [6.45, 7) is 3.77. The summed E-state index contributed by atoms with van der Waals surface area (Å²) < 4.78 is 0. The van der Waals surface area contributed by atoms with Crippen LogP contribution in [0.3, 0.4) is 0 Å². The van der Waals surface area contributed by atoms with Crippen molar-refractivity contribution < 1.29 is 4.79 Å². The Morgan fingerprint density at radius 3 is 2.94 bits per heavy atom. The summed E-state index contributed by atoms with van der Waals surface area (Å²) in [5.41, 5.74) is 11.5. The highest BCUT2D eigenvalue weighted by atomic mass is 16.1. The number of hydrogen-bond donors (Lipinski definition) is 2. The third-order valence-corrected chi connectivity index (χ3v) is 3.35. The van der Waals surface area contributed by atoms with E-state index in [1.54, 1.807) is 6.20 Å². The Hall–Kier alpha value is -1.69. The highest BCUT2D eigenvalue weighted by Crippen LogP contribution is 2.24. The van der Waals surface area contributed by atoms with Gasteiger partial charge in [0.2, 0.25) is 0 Å². The van der Waals surface area contributed by atoms with E-state index >= 15 is 0 Å². The van der Waals surface area contributed by atoms with Crippen LogP contribution < -0.4 is 16.4 Å². The Labute approximate surface area is 106 Å². The average Bonchev–Trinajstić information content (AvgIpc) is 2.72. The molecule has 0 spiro atoms. The SMILES string of the molecule is CCC[C@@H]1CN(c2cncc(C(N)=O)n2)C[C@H]1N. The average molecular weight is 249 g/mol. The maximum Gasteiger partial charge on any atom is 0.268 e. The van der Waals surface area contributed by atoms with Gasteiger partial charge in [0.15, 0.2) is 0 Å². The van der Waals surface area contributed by atoms with Gasteiger partial charge in [-0.1, -0.05) is 13.3 Å². The van der Waals surface area contributed by atoms with E-state index in [2.05, 4.69) is 21.8 Å². The topological polar surface area (TPSA) is 98.1 Å². The van der Waals surface area contributed by atoms with Crippen LogP contribution in [0.2, 0.25) is 0 Å². The van der Waals surface area contributed by atoms with E-state index in [0.29, 0.717) is 11.7 Å². The van der Waals surface area contributed by atoms with Crippen molar-refractivity contribution in [2.75, 3.05) is 18.0 Å². The van der Waals surface area contributed by atoms with Crippen LogP contribution in [0.5, 0.6) is 0 Å². The van der Waals surface area contributed by atoms with Crippen LogP contribution in [0.1, 0.15) is 30.3 Å². The number of aromatic nitrogens is 2. The Bertz CT molecular complexity index is 436. The second-order valence-electron chi connectivity index (χ2n) is 4.74.